The zero-order valence-electron chi connectivity index (χ0n) is 8.43. The molecule has 0 aromatic heterocycles. The van der Waals surface area contributed by atoms with E-state index >= 15 is 0 Å². The van der Waals surface area contributed by atoms with Crippen LogP contribution in [0.5, 0.6) is 0 Å². The Labute approximate surface area is 91.3 Å². The van der Waals surface area contributed by atoms with Crippen molar-refractivity contribution in [3.8, 4) is 0 Å². The summed E-state index contributed by atoms with van der Waals surface area (Å²) in [7, 11) is 0. The molecule has 0 aliphatic carbocycles. The summed E-state index contributed by atoms with van der Waals surface area (Å²) in [6, 6.07) is 0. The highest BCUT2D eigenvalue weighted by atomic mass is 16.6. The molecule has 0 unspecified atom stereocenters. The van der Waals surface area contributed by atoms with Gasteiger partial charge in [0.15, 0.2) is 6.10 Å². The first-order chi connectivity index (χ1) is 7.45. The molecule has 16 heavy (non-hydrogen) atoms. The van der Waals surface area contributed by atoms with Gasteiger partial charge >= 0.3 is 5.97 Å². The van der Waals surface area contributed by atoms with Crippen LogP contribution in [-0.2, 0) is 9.53 Å². The molecule has 0 bridgehead atoms. The molecule has 0 heterocycles. The molecule has 96 valence electrons. The molecule has 0 spiro atoms. The predicted molar refractivity (Wildman–Crippen MR) is 49.2 cm³/mol. The second kappa shape index (κ2) is 7.49. The summed E-state index contributed by atoms with van der Waals surface area (Å²) in [5.41, 5.74) is 0. The fraction of sp³-hybridized carbons (Fsp3) is 0.875. The van der Waals surface area contributed by atoms with E-state index < -0.39 is 43.6 Å². The van der Waals surface area contributed by atoms with Crippen LogP contribution in [0.25, 0.3) is 0 Å². The first-order valence-electron chi connectivity index (χ1n) is 4.56. The van der Waals surface area contributed by atoms with E-state index in [2.05, 4.69) is 4.74 Å². The first-order valence-corrected chi connectivity index (χ1v) is 4.56. The van der Waals surface area contributed by atoms with Gasteiger partial charge in [0.05, 0.1) is 13.2 Å². The lowest BCUT2D eigenvalue weighted by Crippen LogP contribution is -2.49. The van der Waals surface area contributed by atoms with Crippen LogP contribution in [0.2, 0.25) is 0 Å². The van der Waals surface area contributed by atoms with E-state index in [0.717, 1.165) is 0 Å². The Morgan fingerprint density at radius 1 is 1.06 bits per heavy atom. The van der Waals surface area contributed by atoms with Gasteiger partial charge in [0.25, 0.3) is 0 Å². The van der Waals surface area contributed by atoms with Gasteiger partial charge in [-0.05, 0) is 0 Å². The molecular weight excluding hydrogens is 224 g/mol. The Morgan fingerprint density at radius 3 is 2.06 bits per heavy atom. The third kappa shape index (κ3) is 4.39. The fourth-order valence-corrected chi connectivity index (χ4v) is 0.893. The molecule has 0 aromatic carbocycles. The van der Waals surface area contributed by atoms with Crippen LogP contribution in [0.1, 0.15) is 0 Å². The minimum atomic E-state index is -2.07. The second-order valence-corrected chi connectivity index (χ2v) is 3.07. The molecule has 8 nitrogen and oxygen atoms in total. The summed E-state index contributed by atoms with van der Waals surface area (Å²) in [4.78, 5) is 11.0. The summed E-state index contributed by atoms with van der Waals surface area (Å²) < 4.78 is 4.28. The van der Waals surface area contributed by atoms with Gasteiger partial charge in [-0.25, -0.2) is 4.79 Å². The maximum atomic E-state index is 11.0. The van der Waals surface area contributed by atoms with E-state index in [9.17, 15) is 9.90 Å². The highest BCUT2D eigenvalue weighted by Crippen LogP contribution is 2.06. The van der Waals surface area contributed by atoms with E-state index in [1.807, 2.05) is 0 Å². The zero-order valence-corrected chi connectivity index (χ0v) is 8.43. The van der Waals surface area contributed by atoms with E-state index in [0.29, 0.717) is 0 Å². The van der Waals surface area contributed by atoms with Gasteiger partial charge < -0.3 is 35.4 Å². The molecule has 0 saturated heterocycles. The molecule has 4 atom stereocenters. The van der Waals surface area contributed by atoms with Crippen molar-refractivity contribution in [2.75, 3.05) is 19.8 Å². The zero-order chi connectivity index (χ0) is 12.7. The highest BCUT2D eigenvalue weighted by Gasteiger charge is 2.34. The third-order valence-electron chi connectivity index (χ3n) is 1.83. The minimum absolute atomic E-state index is 0.360. The minimum Gasteiger partial charge on any atom is -0.461 e. The van der Waals surface area contributed by atoms with Crippen LogP contribution in [0, 0.1) is 0 Å². The van der Waals surface area contributed by atoms with Crippen LogP contribution in [-0.4, -0.2) is 80.8 Å². The molecule has 0 aliphatic heterocycles. The van der Waals surface area contributed by atoms with E-state index in [-0.39, 0.29) is 6.61 Å². The number of rotatable bonds is 7. The fourth-order valence-electron chi connectivity index (χ4n) is 0.893. The van der Waals surface area contributed by atoms with Crippen LogP contribution in [0.15, 0.2) is 0 Å². The van der Waals surface area contributed by atoms with Gasteiger partial charge in [-0.2, -0.15) is 0 Å². The smallest absolute Gasteiger partial charge is 0.337 e. The molecule has 0 saturated carbocycles. The average Bonchev–Trinajstić information content (AvgIpc) is 2.31. The summed E-state index contributed by atoms with van der Waals surface area (Å²) in [5.74, 6) is -1.24. The summed E-state index contributed by atoms with van der Waals surface area (Å²) >= 11 is 0. The molecular formula is C8H16O8. The molecule has 0 radical (unpaired) electrons. The molecule has 0 aromatic rings. The van der Waals surface area contributed by atoms with Crippen molar-refractivity contribution in [1.82, 2.24) is 0 Å². The van der Waals surface area contributed by atoms with Crippen molar-refractivity contribution in [3.05, 3.63) is 0 Å². The molecule has 6 N–H and O–H groups in total. The Hall–Kier alpha value is -0.770. The van der Waals surface area contributed by atoms with Crippen molar-refractivity contribution in [3.63, 3.8) is 0 Å². The molecule has 0 rings (SSSR count). The number of ether oxygens (including phenoxy) is 1. The average molecular weight is 240 g/mol. The quantitative estimate of drug-likeness (QED) is 0.246. The SMILES string of the molecule is O=C(OCCO)[C@H](O)[C@@H](O)[C@H](O)[C@H](O)CO. The summed E-state index contributed by atoms with van der Waals surface area (Å²) in [6.07, 6.45) is -7.63. The van der Waals surface area contributed by atoms with Crippen LogP contribution in [0.4, 0.5) is 0 Å². The Morgan fingerprint density at radius 2 is 1.62 bits per heavy atom. The molecule has 0 fully saturated rings. The van der Waals surface area contributed by atoms with Crippen molar-refractivity contribution in [2.24, 2.45) is 0 Å². The van der Waals surface area contributed by atoms with E-state index in [1.165, 1.54) is 0 Å². The van der Waals surface area contributed by atoms with E-state index in [1.54, 1.807) is 0 Å². The number of aliphatic hydroxyl groups is 6. The second-order valence-electron chi connectivity index (χ2n) is 3.07. The van der Waals surface area contributed by atoms with Gasteiger partial charge in [0.1, 0.15) is 24.9 Å². The summed E-state index contributed by atoms with van der Waals surface area (Å²) in [5, 5.41) is 53.3. The van der Waals surface area contributed by atoms with Gasteiger partial charge in [-0.15, -0.1) is 0 Å². The van der Waals surface area contributed by atoms with Gasteiger partial charge in [-0.1, -0.05) is 0 Å². The Bertz CT molecular complexity index is 208. The van der Waals surface area contributed by atoms with Crippen molar-refractivity contribution >= 4 is 5.97 Å². The molecule has 0 aliphatic rings. The number of esters is 1. The number of carbonyl (C=O) groups is 1. The van der Waals surface area contributed by atoms with Crippen LogP contribution >= 0.6 is 0 Å². The van der Waals surface area contributed by atoms with Gasteiger partial charge in [0.2, 0.25) is 0 Å². The maximum absolute atomic E-state index is 11.0. The first kappa shape index (κ1) is 15.2. The topological polar surface area (TPSA) is 148 Å². The number of hydrogen-bond acceptors (Lipinski definition) is 8. The maximum Gasteiger partial charge on any atom is 0.337 e. The van der Waals surface area contributed by atoms with Crippen LogP contribution in [0.3, 0.4) is 0 Å². The van der Waals surface area contributed by atoms with Gasteiger partial charge in [-0.3, -0.25) is 0 Å². The Balaban J connectivity index is 4.25. The number of hydrogen-bond donors (Lipinski definition) is 6. The summed E-state index contributed by atoms with van der Waals surface area (Å²) in [6.45, 7) is -1.64. The standard InChI is InChI=1S/C8H16O8/c9-1-2-16-8(15)7(14)6(13)5(12)4(11)3-10/h4-7,9-14H,1-3H2/t4-,5-,6+,7-/m1/s1. The lowest BCUT2D eigenvalue weighted by atomic mass is 10.0. The van der Waals surface area contributed by atoms with Crippen LogP contribution < -0.4 is 0 Å². The predicted octanol–water partition coefficient (Wildman–Crippen LogP) is -4.04. The monoisotopic (exact) mass is 240 g/mol. The number of aliphatic hydroxyl groups excluding tert-OH is 6. The normalized spacial score (nSPS) is 18.6. The van der Waals surface area contributed by atoms with Crippen molar-refractivity contribution in [2.45, 2.75) is 24.4 Å². The highest BCUT2D eigenvalue weighted by molar-refractivity contribution is 5.75. The van der Waals surface area contributed by atoms with Crippen molar-refractivity contribution in [1.29, 1.82) is 0 Å². The molecule has 0 amide bonds. The number of carbonyl (C=O) groups excluding carboxylic acids is 1. The largest absolute Gasteiger partial charge is 0.461 e. The van der Waals surface area contributed by atoms with Gasteiger partial charge in [0, 0.05) is 0 Å². The van der Waals surface area contributed by atoms with Crippen molar-refractivity contribution < 1.29 is 40.2 Å². The lowest BCUT2D eigenvalue weighted by Gasteiger charge is -2.24. The van der Waals surface area contributed by atoms with E-state index in [4.69, 9.17) is 25.5 Å². The molecule has 8 heteroatoms. The third-order valence-corrected chi connectivity index (χ3v) is 1.83. The Kier molecular flexibility index (Phi) is 7.13. The lowest BCUT2D eigenvalue weighted by molar-refractivity contribution is -0.171.